The second-order valence-electron chi connectivity index (χ2n) is 2.24. The molecular formula is C7H2BrClF4O. The lowest BCUT2D eigenvalue weighted by atomic mass is 10.3. The van der Waals surface area contributed by atoms with Gasteiger partial charge < -0.3 is 4.74 Å². The first-order chi connectivity index (χ1) is 6.29. The summed E-state index contributed by atoms with van der Waals surface area (Å²) in [6.07, 6.45) is 0. The van der Waals surface area contributed by atoms with Crippen molar-refractivity contribution in [3.63, 3.8) is 0 Å². The lowest BCUT2D eigenvalue weighted by Crippen LogP contribution is -2.16. The summed E-state index contributed by atoms with van der Waals surface area (Å²) in [6.45, 7) is 0. The summed E-state index contributed by atoms with van der Waals surface area (Å²) >= 11 is 7.15. The van der Waals surface area contributed by atoms with Gasteiger partial charge in [0.1, 0.15) is 5.75 Å². The Bertz CT molecular complexity index is 352. The van der Waals surface area contributed by atoms with E-state index in [2.05, 4.69) is 32.3 Å². The first-order valence-corrected chi connectivity index (χ1v) is 4.37. The zero-order valence-electron chi connectivity index (χ0n) is 6.33. The van der Waals surface area contributed by atoms with Crippen LogP contribution in [0.5, 0.6) is 5.75 Å². The van der Waals surface area contributed by atoms with Crippen LogP contribution in [0.3, 0.4) is 0 Å². The fraction of sp³-hybridized carbons (Fsp3) is 0.143. The zero-order valence-corrected chi connectivity index (χ0v) is 8.67. The van der Waals surface area contributed by atoms with Crippen LogP contribution < -0.4 is 4.74 Å². The van der Waals surface area contributed by atoms with Gasteiger partial charge in [-0.25, -0.2) is 8.78 Å². The molecule has 0 amide bonds. The minimum Gasteiger partial charge on any atom is -0.419 e. The van der Waals surface area contributed by atoms with Gasteiger partial charge >= 0.3 is 5.57 Å². The van der Waals surface area contributed by atoms with E-state index in [9.17, 15) is 17.6 Å². The molecule has 1 rings (SSSR count). The molecular weight excluding hydrogens is 291 g/mol. The molecule has 0 saturated carbocycles. The van der Waals surface area contributed by atoms with E-state index in [1.165, 1.54) is 0 Å². The first-order valence-electron chi connectivity index (χ1n) is 3.20. The lowest BCUT2D eigenvalue weighted by Gasteiger charge is -2.11. The van der Waals surface area contributed by atoms with E-state index in [1.807, 2.05) is 0 Å². The summed E-state index contributed by atoms with van der Waals surface area (Å²) in [6, 6.07) is 1.13. The molecule has 0 unspecified atom stereocenters. The molecule has 0 aliphatic rings. The fourth-order valence-electron chi connectivity index (χ4n) is 0.707. The smallest absolute Gasteiger partial charge is 0.419 e. The molecule has 1 aromatic rings. The molecule has 7 heteroatoms. The van der Waals surface area contributed by atoms with Crippen molar-refractivity contribution in [2.24, 2.45) is 0 Å². The van der Waals surface area contributed by atoms with E-state index in [4.69, 9.17) is 0 Å². The molecule has 0 aromatic heterocycles. The van der Waals surface area contributed by atoms with Gasteiger partial charge in [-0.15, -0.1) is 8.78 Å². The van der Waals surface area contributed by atoms with Crippen LogP contribution in [-0.2, 0) is 0 Å². The van der Waals surface area contributed by atoms with Crippen LogP contribution in [0.4, 0.5) is 17.6 Å². The van der Waals surface area contributed by atoms with Crippen LogP contribution >= 0.6 is 27.5 Å². The highest BCUT2D eigenvalue weighted by Crippen LogP contribution is 2.32. The zero-order chi connectivity index (χ0) is 10.9. The van der Waals surface area contributed by atoms with Crippen LogP contribution in [0.15, 0.2) is 16.6 Å². The number of hydrogen-bond acceptors (Lipinski definition) is 1. The van der Waals surface area contributed by atoms with Crippen LogP contribution in [0, 0.1) is 11.6 Å². The summed E-state index contributed by atoms with van der Waals surface area (Å²) in [4.78, 5) is 0. The third kappa shape index (κ3) is 3.02. The molecule has 78 valence electrons. The minimum absolute atomic E-state index is 0.156. The standard InChI is InChI=1S/C7H2BrClF4O/c8-3-1-4(10)5(11)2-6(3)14-7(9,12)13/h1-2H. The van der Waals surface area contributed by atoms with E-state index in [1.54, 1.807) is 0 Å². The van der Waals surface area contributed by atoms with Crippen LogP contribution in [0.1, 0.15) is 0 Å². The van der Waals surface area contributed by atoms with Crippen molar-refractivity contribution in [1.82, 2.24) is 0 Å². The molecule has 0 aliphatic heterocycles. The van der Waals surface area contributed by atoms with Gasteiger partial charge in [-0.3, -0.25) is 0 Å². The fourth-order valence-corrected chi connectivity index (χ4v) is 1.19. The normalized spacial score (nSPS) is 11.6. The van der Waals surface area contributed by atoms with Crippen molar-refractivity contribution < 1.29 is 22.3 Å². The van der Waals surface area contributed by atoms with E-state index >= 15 is 0 Å². The number of rotatable bonds is 2. The molecule has 0 spiro atoms. The van der Waals surface area contributed by atoms with Crippen molar-refractivity contribution in [2.45, 2.75) is 5.57 Å². The van der Waals surface area contributed by atoms with E-state index in [0.717, 1.165) is 0 Å². The number of alkyl halides is 3. The van der Waals surface area contributed by atoms with Gasteiger partial charge in [0.2, 0.25) is 0 Å². The second kappa shape index (κ2) is 3.94. The molecule has 0 bridgehead atoms. The van der Waals surface area contributed by atoms with E-state index in [-0.39, 0.29) is 4.47 Å². The number of hydrogen-bond donors (Lipinski definition) is 0. The third-order valence-electron chi connectivity index (χ3n) is 1.20. The van der Waals surface area contributed by atoms with Crippen LogP contribution in [0.2, 0.25) is 0 Å². The van der Waals surface area contributed by atoms with Crippen molar-refractivity contribution >= 4 is 27.5 Å². The number of ether oxygens (including phenoxy) is 1. The van der Waals surface area contributed by atoms with Gasteiger partial charge in [-0.1, -0.05) is 0 Å². The molecule has 0 heterocycles. The SMILES string of the molecule is Fc1cc(Br)c(OC(F)(F)Cl)cc1F. The average Bonchev–Trinajstić information content (AvgIpc) is 1.97. The van der Waals surface area contributed by atoms with E-state index in [0.29, 0.717) is 12.1 Å². The van der Waals surface area contributed by atoms with Gasteiger partial charge in [-0.2, -0.15) is 0 Å². The summed E-state index contributed by atoms with van der Waals surface area (Å²) in [5.74, 6) is -3.06. The largest absolute Gasteiger partial charge is 0.487 e. The Hall–Kier alpha value is -0.490. The predicted molar refractivity (Wildman–Crippen MR) is 45.5 cm³/mol. The predicted octanol–water partition coefficient (Wildman–Crippen LogP) is 3.90. The first kappa shape index (κ1) is 11.6. The monoisotopic (exact) mass is 292 g/mol. The van der Waals surface area contributed by atoms with Crippen LogP contribution in [0.25, 0.3) is 0 Å². The number of benzene rings is 1. The Labute approximate surface area is 89.7 Å². The maximum absolute atomic E-state index is 12.6. The van der Waals surface area contributed by atoms with Crippen molar-refractivity contribution in [3.05, 3.63) is 28.2 Å². The van der Waals surface area contributed by atoms with Crippen molar-refractivity contribution in [1.29, 1.82) is 0 Å². The highest BCUT2D eigenvalue weighted by molar-refractivity contribution is 9.10. The molecule has 0 atom stereocenters. The van der Waals surface area contributed by atoms with Crippen molar-refractivity contribution in [2.75, 3.05) is 0 Å². The molecule has 0 radical (unpaired) electrons. The minimum atomic E-state index is -3.97. The molecule has 1 aromatic carbocycles. The number of halogens is 6. The van der Waals surface area contributed by atoms with Crippen molar-refractivity contribution in [3.8, 4) is 5.75 Å². The van der Waals surface area contributed by atoms with Gasteiger partial charge in [0.05, 0.1) is 4.47 Å². The maximum atomic E-state index is 12.6. The Morgan fingerprint density at radius 3 is 2.21 bits per heavy atom. The highest BCUT2D eigenvalue weighted by atomic mass is 79.9. The maximum Gasteiger partial charge on any atom is 0.487 e. The van der Waals surface area contributed by atoms with Gasteiger partial charge in [-0.05, 0) is 22.0 Å². The topological polar surface area (TPSA) is 9.23 Å². The quantitative estimate of drug-likeness (QED) is 0.456. The third-order valence-corrected chi connectivity index (χ3v) is 1.90. The van der Waals surface area contributed by atoms with Gasteiger partial charge in [0, 0.05) is 17.7 Å². The Balaban J connectivity index is 3.04. The Kier molecular flexibility index (Phi) is 3.26. The molecule has 1 nitrogen and oxygen atoms in total. The summed E-state index contributed by atoms with van der Waals surface area (Å²) in [7, 11) is 0. The molecule has 0 aliphatic carbocycles. The second-order valence-corrected chi connectivity index (χ2v) is 3.54. The van der Waals surface area contributed by atoms with Gasteiger partial charge in [0.15, 0.2) is 11.6 Å². The lowest BCUT2D eigenvalue weighted by molar-refractivity contribution is -0.0971. The Morgan fingerprint density at radius 1 is 1.21 bits per heavy atom. The van der Waals surface area contributed by atoms with E-state index < -0.39 is 23.0 Å². The average molecular weight is 293 g/mol. The van der Waals surface area contributed by atoms with Crippen LogP contribution in [-0.4, -0.2) is 5.57 Å². The summed E-state index contributed by atoms with van der Waals surface area (Å²) < 4.78 is 53.0. The molecule has 14 heavy (non-hydrogen) atoms. The highest BCUT2D eigenvalue weighted by Gasteiger charge is 2.29. The molecule has 0 fully saturated rings. The molecule has 0 N–H and O–H groups in total. The summed E-state index contributed by atoms with van der Waals surface area (Å²) in [5, 5.41) is 0. The van der Waals surface area contributed by atoms with Gasteiger partial charge in [0.25, 0.3) is 0 Å². The molecule has 0 saturated heterocycles. The summed E-state index contributed by atoms with van der Waals surface area (Å²) in [5.41, 5.74) is -3.97. The Morgan fingerprint density at radius 2 is 1.71 bits per heavy atom.